The number of fused-ring (bicyclic) bond motifs is 1. The molecule has 20 heavy (non-hydrogen) atoms. The Kier molecular flexibility index (Phi) is 3.70. The molecule has 3 heteroatoms. The van der Waals surface area contributed by atoms with E-state index < -0.39 is 6.10 Å². The first-order valence-corrected chi connectivity index (χ1v) is 6.74. The van der Waals surface area contributed by atoms with E-state index in [1.807, 2.05) is 54.7 Å². The largest absolute Gasteiger partial charge is 0.491 e. The van der Waals surface area contributed by atoms with E-state index in [9.17, 15) is 5.11 Å². The third-order valence-electron chi connectivity index (χ3n) is 3.32. The fourth-order valence-electron chi connectivity index (χ4n) is 2.32. The number of rotatable bonds is 5. The summed E-state index contributed by atoms with van der Waals surface area (Å²) >= 11 is 0. The number of aliphatic hydroxyl groups excluding tert-OH is 1. The van der Waals surface area contributed by atoms with Crippen LogP contribution in [0.5, 0.6) is 5.75 Å². The van der Waals surface area contributed by atoms with Gasteiger partial charge in [0.25, 0.3) is 0 Å². The summed E-state index contributed by atoms with van der Waals surface area (Å²) in [5, 5.41) is 11.3. The van der Waals surface area contributed by atoms with Gasteiger partial charge < -0.3 is 14.8 Å². The van der Waals surface area contributed by atoms with E-state index >= 15 is 0 Å². The predicted octanol–water partition coefficient (Wildman–Crippen LogP) is 3.15. The molecule has 1 heterocycles. The second-order valence-corrected chi connectivity index (χ2v) is 4.84. The highest BCUT2D eigenvalue weighted by atomic mass is 16.5. The number of nitrogens with one attached hydrogen (secondary N) is 1. The molecule has 0 spiro atoms. The smallest absolute Gasteiger partial charge is 0.119 e. The zero-order valence-electron chi connectivity index (χ0n) is 11.1. The van der Waals surface area contributed by atoms with Crippen LogP contribution in [0.2, 0.25) is 0 Å². The minimum atomic E-state index is -0.519. The summed E-state index contributed by atoms with van der Waals surface area (Å²) in [5.41, 5.74) is 2.21. The maximum Gasteiger partial charge on any atom is 0.119 e. The Balaban J connectivity index is 1.63. The highest BCUT2D eigenvalue weighted by molar-refractivity contribution is 5.83. The Bertz CT molecular complexity index is 676. The van der Waals surface area contributed by atoms with E-state index in [2.05, 4.69) is 11.1 Å². The van der Waals surface area contributed by atoms with Crippen molar-refractivity contribution in [2.24, 2.45) is 0 Å². The zero-order chi connectivity index (χ0) is 13.8. The first kappa shape index (κ1) is 12.8. The van der Waals surface area contributed by atoms with Crippen LogP contribution in [0.15, 0.2) is 60.8 Å². The molecule has 102 valence electrons. The first-order valence-electron chi connectivity index (χ1n) is 6.74. The number of aliphatic hydroxyl groups is 1. The quantitative estimate of drug-likeness (QED) is 0.746. The van der Waals surface area contributed by atoms with Gasteiger partial charge in [-0.15, -0.1) is 0 Å². The molecule has 3 rings (SSSR count). The Hall–Kier alpha value is -2.26. The van der Waals surface area contributed by atoms with Crippen molar-refractivity contribution < 1.29 is 9.84 Å². The van der Waals surface area contributed by atoms with Gasteiger partial charge >= 0.3 is 0 Å². The number of ether oxygens (including phenoxy) is 1. The van der Waals surface area contributed by atoms with Crippen LogP contribution in [0.25, 0.3) is 10.9 Å². The molecule has 0 amide bonds. The average Bonchev–Trinajstić information content (AvgIpc) is 2.90. The van der Waals surface area contributed by atoms with Crippen molar-refractivity contribution in [1.82, 2.24) is 4.98 Å². The van der Waals surface area contributed by atoms with E-state index in [4.69, 9.17) is 4.74 Å². The second-order valence-electron chi connectivity index (χ2n) is 4.84. The van der Waals surface area contributed by atoms with Crippen molar-refractivity contribution in [2.45, 2.75) is 12.5 Å². The van der Waals surface area contributed by atoms with Crippen molar-refractivity contribution in [1.29, 1.82) is 0 Å². The molecule has 0 radical (unpaired) electrons. The fourth-order valence-corrected chi connectivity index (χ4v) is 2.32. The van der Waals surface area contributed by atoms with E-state index in [0.29, 0.717) is 13.0 Å². The van der Waals surface area contributed by atoms with Crippen LogP contribution in [-0.2, 0) is 6.42 Å². The molecular weight excluding hydrogens is 250 g/mol. The summed E-state index contributed by atoms with van der Waals surface area (Å²) in [7, 11) is 0. The number of H-pyrrole nitrogens is 1. The molecule has 0 aliphatic rings. The molecule has 1 atom stereocenters. The van der Waals surface area contributed by atoms with Crippen LogP contribution in [0.3, 0.4) is 0 Å². The van der Waals surface area contributed by atoms with Gasteiger partial charge in [0.15, 0.2) is 0 Å². The minimum Gasteiger partial charge on any atom is -0.491 e. The molecule has 1 unspecified atom stereocenters. The van der Waals surface area contributed by atoms with E-state index in [-0.39, 0.29) is 0 Å². The van der Waals surface area contributed by atoms with Crippen LogP contribution >= 0.6 is 0 Å². The van der Waals surface area contributed by atoms with Gasteiger partial charge in [0.05, 0.1) is 6.10 Å². The van der Waals surface area contributed by atoms with Gasteiger partial charge in [-0.1, -0.05) is 36.4 Å². The van der Waals surface area contributed by atoms with Gasteiger partial charge in [-0.2, -0.15) is 0 Å². The maximum atomic E-state index is 10.1. The van der Waals surface area contributed by atoms with Gasteiger partial charge in [-0.05, 0) is 23.8 Å². The molecule has 0 fully saturated rings. The summed E-state index contributed by atoms with van der Waals surface area (Å²) < 4.78 is 5.57. The highest BCUT2D eigenvalue weighted by Crippen LogP contribution is 2.19. The number of benzene rings is 2. The lowest BCUT2D eigenvalue weighted by atomic mass is 10.1. The molecule has 3 aromatic rings. The molecule has 0 aliphatic carbocycles. The topological polar surface area (TPSA) is 45.2 Å². The predicted molar refractivity (Wildman–Crippen MR) is 79.9 cm³/mol. The van der Waals surface area contributed by atoms with Crippen LogP contribution in [0.1, 0.15) is 5.56 Å². The second kappa shape index (κ2) is 5.80. The zero-order valence-corrected chi connectivity index (χ0v) is 11.1. The van der Waals surface area contributed by atoms with E-state index in [0.717, 1.165) is 22.2 Å². The first-order chi connectivity index (χ1) is 9.83. The number of aromatic nitrogens is 1. The maximum absolute atomic E-state index is 10.1. The molecule has 0 saturated carbocycles. The van der Waals surface area contributed by atoms with Crippen LogP contribution in [-0.4, -0.2) is 22.8 Å². The van der Waals surface area contributed by atoms with Crippen molar-refractivity contribution >= 4 is 10.9 Å². The van der Waals surface area contributed by atoms with E-state index in [1.54, 1.807) is 0 Å². The highest BCUT2D eigenvalue weighted by Gasteiger charge is 2.10. The number of hydrogen-bond acceptors (Lipinski definition) is 2. The minimum absolute atomic E-state index is 0.295. The van der Waals surface area contributed by atoms with Gasteiger partial charge in [0.2, 0.25) is 0 Å². The molecule has 0 saturated heterocycles. The van der Waals surface area contributed by atoms with Crippen LogP contribution in [0.4, 0.5) is 0 Å². The van der Waals surface area contributed by atoms with Crippen LogP contribution < -0.4 is 4.74 Å². The third-order valence-corrected chi connectivity index (χ3v) is 3.32. The van der Waals surface area contributed by atoms with Gasteiger partial charge in [-0.25, -0.2) is 0 Å². The van der Waals surface area contributed by atoms with Crippen molar-refractivity contribution in [2.75, 3.05) is 6.61 Å². The standard InChI is InChI=1S/C17H17NO2/c19-14(12-20-15-6-2-1-3-7-15)10-13-11-18-17-9-5-4-8-16(13)17/h1-9,11,14,18-19H,10,12H2. The molecule has 0 bridgehead atoms. The fraction of sp³-hybridized carbons (Fsp3) is 0.176. The Morgan fingerprint density at radius 2 is 1.75 bits per heavy atom. The monoisotopic (exact) mass is 267 g/mol. The summed E-state index contributed by atoms with van der Waals surface area (Å²) in [6.07, 6.45) is 2.02. The summed E-state index contributed by atoms with van der Waals surface area (Å²) in [4.78, 5) is 3.22. The SMILES string of the molecule is OC(COc1ccccc1)Cc1c[nH]c2ccccc12. The Morgan fingerprint density at radius 1 is 1.00 bits per heavy atom. The number of hydrogen-bond donors (Lipinski definition) is 2. The van der Waals surface area contributed by atoms with Gasteiger partial charge in [0, 0.05) is 23.5 Å². The summed E-state index contributed by atoms with van der Waals surface area (Å²) in [6, 6.07) is 17.6. The molecule has 2 aromatic carbocycles. The average molecular weight is 267 g/mol. The van der Waals surface area contributed by atoms with E-state index in [1.165, 1.54) is 0 Å². The van der Waals surface area contributed by atoms with Gasteiger partial charge in [-0.3, -0.25) is 0 Å². The summed E-state index contributed by atoms with van der Waals surface area (Å²) in [5.74, 6) is 0.783. The third kappa shape index (κ3) is 2.83. The summed E-state index contributed by atoms with van der Waals surface area (Å²) in [6.45, 7) is 0.295. The molecule has 1 aromatic heterocycles. The van der Waals surface area contributed by atoms with Crippen molar-refractivity contribution in [3.63, 3.8) is 0 Å². The molecule has 3 nitrogen and oxygen atoms in total. The van der Waals surface area contributed by atoms with Crippen LogP contribution in [0, 0.1) is 0 Å². The van der Waals surface area contributed by atoms with Crippen molar-refractivity contribution in [3.05, 3.63) is 66.4 Å². The molecule has 2 N–H and O–H groups in total. The lowest BCUT2D eigenvalue weighted by molar-refractivity contribution is 0.108. The molecule has 0 aliphatic heterocycles. The number of aromatic amines is 1. The normalized spacial score (nSPS) is 12.4. The lowest BCUT2D eigenvalue weighted by Gasteiger charge is -2.11. The van der Waals surface area contributed by atoms with Gasteiger partial charge in [0.1, 0.15) is 12.4 Å². The van der Waals surface area contributed by atoms with Crippen molar-refractivity contribution in [3.8, 4) is 5.75 Å². The lowest BCUT2D eigenvalue weighted by Crippen LogP contribution is -2.20. The Labute approximate surface area is 117 Å². The molecular formula is C17H17NO2. The number of para-hydroxylation sites is 2. The Morgan fingerprint density at radius 3 is 2.60 bits per heavy atom.